The second kappa shape index (κ2) is 4.64. The first-order valence-corrected chi connectivity index (χ1v) is 7.58. The van der Waals surface area contributed by atoms with Crippen LogP contribution in [0.5, 0.6) is 0 Å². The maximum Gasteiger partial charge on any atom is 0.269 e. The minimum Gasteiger partial charge on any atom is -0.308 e. The summed E-state index contributed by atoms with van der Waals surface area (Å²) in [6, 6.07) is 4.68. The fourth-order valence-corrected chi connectivity index (χ4v) is 3.86. The second-order valence-electron chi connectivity index (χ2n) is 4.33. The van der Waals surface area contributed by atoms with Crippen LogP contribution in [0.4, 0.5) is 0 Å². The minimum absolute atomic E-state index is 0.0839. The number of hydrogen-bond donors (Lipinski definition) is 0. The molecule has 0 saturated carbocycles. The van der Waals surface area contributed by atoms with E-state index in [1.807, 2.05) is 19.0 Å². The topological polar surface area (TPSA) is 57.7 Å². The Labute approximate surface area is 115 Å². The molecule has 0 N–H and O–H groups in total. The molecule has 0 aromatic heterocycles. The predicted molar refractivity (Wildman–Crippen MR) is 70.9 cm³/mol. The van der Waals surface area contributed by atoms with E-state index in [9.17, 15) is 13.2 Å². The first-order chi connectivity index (χ1) is 8.34. The van der Waals surface area contributed by atoms with E-state index in [1.54, 1.807) is 6.07 Å². The third-order valence-electron chi connectivity index (χ3n) is 2.72. The van der Waals surface area contributed by atoms with Gasteiger partial charge in [0.25, 0.3) is 15.9 Å². The van der Waals surface area contributed by atoms with Gasteiger partial charge < -0.3 is 4.90 Å². The highest BCUT2D eigenvalue weighted by Crippen LogP contribution is 2.32. The maximum absolute atomic E-state index is 12.2. The standard InChI is InChI=1S/C11H13BrN2O3S/c1-13(2)5-6-14-11(15)9-4-3-8(12)7-10(9)18(14,16)17/h3-4,7H,5-6H2,1-2H3. The molecule has 0 bridgehead atoms. The molecule has 0 aliphatic carbocycles. The Morgan fingerprint density at radius 1 is 1.33 bits per heavy atom. The molecule has 0 spiro atoms. The van der Waals surface area contributed by atoms with Gasteiger partial charge in [-0.15, -0.1) is 0 Å². The molecule has 0 unspecified atom stereocenters. The lowest BCUT2D eigenvalue weighted by Gasteiger charge is -2.17. The lowest BCUT2D eigenvalue weighted by molar-refractivity contribution is 0.0865. The van der Waals surface area contributed by atoms with E-state index in [-0.39, 0.29) is 17.0 Å². The molecule has 18 heavy (non-hydrogen) atoms. The van der Waals surface area contributed by atoms with Crippen molar-refractivity contribution in [3.8, 4) is 0 Å². The molecule has 98 valence electrons. The van der Waals surface area contributed by atoms with Crippen LogP contribution in [0.1, 0.15) is 10.4 Å². The summed E-state index contributed by atoms with van der Waals surface area (Å²) >= 11 is 3.22. The molecule has 0 saturated heterocycles. The van der Waals surface area contributed by atoms with E-state index < -0.39 is 15.9 Å². The quantitative estimate of drug-likeness (QED) is 0.833. The summed E-state index contributed by atoms with van der Waals surface area (Å²) < 4.78 is 26.0. The van der Waals surface area contributed by atoms with Crippen molar-refractivity contribution in [1.82, 2.24) is 9.21 Å². The lowest BCUT2D eigenvalue weighted by Crippen LogP contribution is -2.36. The lowest BCUT2D eigenvalue weighted by atomic mass is 10.2. The molecule has 2 rings (SSSR count). The summed E-state index contributed by atoms with van der Waals surface area (Å²) in [6.45, 7) is 0.667. The molecule has 1 heterocycles. The van der Waals surface area contributed by atoms with Gasteiger partial charge in [0.2, 0.25) is 0 Å². The Bertz CT molecular complexity index is 598. The third kappa shape index (κ3) is 2.17. The third-order valence-corrected chi connectivity index (χ3v) is 5.03. The number of likely N-dealkylation sites (N-methyl/N-ethyl adjacent to an activating group) is 1. The molecule has 1 aromatic rings. The summed E-state index contributed by atoms with van der Waals surface area (Å²) in [6.07, 6.45) is 0. The van der Waals surface area contributed by atoms with Crippen molar-refractivity contribution in [2.45, 2.75) is 4.90 Å². The molecular weight excluding hydrogens is 320 g/mol. The largest absolute Gasteiger partial charge is 0.308 e. The molecule has 1 aromatic carbocycles. The number of fused-ring (bicyclic) bond motifs is 1. The van der Waals surface area contributed by atoms with E-state index in [2.05, 4.69) is 15.9 Å². The Hall–Kier alpha value is -0.920. The van der Waals surface area contributed by atoms with Crippen LogP contribution in [0.3, 0.4) is 0 Å². The van der Waals surface area contributed by atoms with Crippen LogP contribution in [0.15, 0.2) is 27.6 Å². The van der Waals surface area contributed by atoms with Gasteiger partial charge in [0, 0.05) is 11.0 Å². The highest BCUT2D eigenvalue weighted by Gasteiger charge is 2.40. The Kier molecular flexibility index (Phi) is 3.48. The van der Waals surface area contributed by atoms with Crippen LogP contribution in [0.25, 0.3) is 0 Å². The number of amides is 1. The summed E-state index contributed by atoms with van der Waals surface area (Å²) in [5, 5.41) is 0. The first kappa shape index (κ1) is 13.5. The molecule has 1 aliphatic rings. The zero-order chi connectivity index (χ0) is 13.5. The number of carbonyl (C=O) groups is 1. The van der Waals surface area contributed by atoms with Gasteiger partial charge in [-0.2, -0.15) is 0 Å². The fraction of sp³-hybridized carbons (Fsp3) is 0.364. The van der Waals surface area contributed by atoms with Crippen LogP contribution >= 0.6 is 15.9 Å². The SMILES string of the molecule is CN(C)CCN1C(=O)c2ccc(Br)cc2S1(=O)=O. The van der Waals surface area contributed by atoms with Crippen LogP contribution in [-0.4, -0.2) is 50.7 Å². The highest BCUT2D eigenvalue weighted by molar-refractivity contribution is 9.10. The number of halogens is 1. The van der Waals surface area contributed by atoms with E-state index in [1.165, 1.54) is 12.1 Å². The molecule has 0 fully saturated rings. The average molecular weight is 333 g/mol. The molecule has 1 amide bonds. The van der Waals surface area contributed by atoms with E-state index >= 15 is 0 Å². The predicted octanol–water partition coefficient (Wildman–Crippen LogP) is 1.16. The van der Waals surface area contributed by atoms with Crippen molar-refractivity contribution in [3.05, 3.63) is 28.2 Å². The van der Waals surface area contributed by atoms with E-state index in [0.29, 0.717) is 11.0 Å². The van der Waals surface area contributed by atoms with Crippen LogP contribution in [-0.2, 0) is 10.0 Å². The normalized spacial score (nSPS) is 17.3. The van der Waals surface area contributed by atoms with Crippen LogP contribution in [0, 0.1) is 0 Å². The van der Waals surface area contributed by atoms with Crippen LogP contribution in [0.2, 0.25) is 0 Å². The van der Waals surface area contributed by atoms with Crippen molar-refractivity contribution in [1.29, 1.82) is 0 Å². The van der Waals surface area contributed by atoms with Crippen molar-refractivity contribution < 1.29 is 13.2 Å². The smallest absolute Gasteiger partial charge is 0.269 e. The number of nitrogens with zero attached hydrogens (tertiary/aromatic N) is 2. The van der Waals surface area contributed by atoms with Crippen molar-refractivity contribution in [3.63, 3.8) is 0 Å². The summed E-state index contributed by atoms with van der Waals surface area (Å²) in [4.78, 5) is 14.0. The zero-order valence-corrected chi connectivity index (χ0v) is 12.5. The molecule has 1 aliphatic heterocycles. The van der Waals surface area contributed by atoms with Crippen LogP contribution < -0.4 is 0 Å². The molecule has 0 radical (unpaired) electrons. The van der Waals surface area contributed by atoms with Crippen molar-refractivity contribution in [2.75, 3.05) is 27.2 Å². The number of carbonyl (C=O) groups excluding carboxylic acids is 1. The monoisotopic (exact) mass is 332 g/mol. The Morgan fingerprint density at radius 3 is 2.61 bits per heavy atom. The van der Waals surface area contributed by atoms with E-state index in [0.717, 1.165) is 4.31 Å². The minimum atomic E-state index is -3.69. The Balaban J connectivity index is 2.42. The number of hydrogen-bond acceptors (Lipinski definition) is 4. The van der Waals surface area contributed by atoms with Gasteiger partial charge in [0.15, 0.2) is 0 Å². The average Bonchev–Trinajstić information content (AvgIpc) is 2.45. The Morgan fingerprint density at radius 2 is 2.00 bits per heavy atom. The van der Waals surface area contributed by atoms with Gasteiger partial charge in [-0.3, -0.25) is 4.79 Å². The number of rotatable bonds is 3. The van der Waals surface area contributed by atoms with Crippen molar-refractivity contribution >= 4 is 31.9 Å². The molecular formula is C11H13BrN2O3S. The van der Waals surface area contributed by atoms with Crippen molar-refractivity contribution in [2.24, 2.45) is 0 Å². The second-order valence-corrected chi connectivity index (χ2v) is 7.07. The van der Waals surface area contributed by atoms with Gasteiger partial charge in [-0.05, 0) is 32.3 Å². The van der Waals surface area contributed by atoms with Gasteiger partial charge in [-0.1, -0.05) is 15.9 Å². The maximum atomic E-state index is 12.2. The zero-order valence-electron chi connectivity index (χ0n) is 10.1. The molecule has 5 nitrogen and oxygen atoms in total. The van der Waals surface area contributed by atoms with E-state index in [4.69, 9.17) is 0 Å². The van der Waals surface area contributed by atoms with Gasteiger partial charge >= 0.3 is 0 Å². The van der Waals surface area contributed by atoms with Gasteiger partial charge in [0.1, 0.15) is 4.90 Å². The number of benzene rings is 1. The summed E-state index contributed by atoms with van der Waals surface area (Å²) in [5.41, 5.74) is 0.247. The molecule has 7 heteroatoms. The number of sulfonamides is 1. The highest BCUT2D eigenvalue weighted by atomic mass is 79.9. The summed E-state index contributed by atoms with van der Waals surface area (Å²) in [7, 11) is -0.0261. The first-order valence-electron chi connectivity index (χ1n) is 5.35. The van der Waals surface area contributed by atoms with Gasteiger partial charge in [-0.25, -0.2) is 12.7 Å². The summed E-state index contributed by atoms with van der Waals surface area (Å²) in [5.74, 6) is -0.445. The molecule has 0 atom stereocenters. The fourth-order valence-electron chi connectivity index (χ4n) is 1.76. The van der Waals surface area contributed by atoms with Gasteiger partial charge in [0.05, 0.1) is 12.1 Å².